The first-order valence-electron chi connectivity index (χ1n) is 9.68. The molecule has 28 heavy (non-hydrogen) atoms. The lowest BCUT2D eigenvalue weighted by molar-refractivity contribution is -0.105. The minimum absolute atomic E-state index is 0.0626. The average molecular weight is 383 g/mol. The van der Waals surface area contributed by atoms with Gasteiger partial charge in [-0.15, -0.1) is 15.3 Å². The number of fused-ring (bicyclic) bond motifs is 1. The van der Waals surface area contributed by atoms with E-state index >= 15 is 0 Å². The third-order valence-corrected chi connectivity index (χ3v) is 5.69. The predicted molar refractivity (Wildman–Crippen MR) is 102 cm³/mol. The van der Waals surface area contributed by atoms with Crippen LogP contribution in [0.2, 0.25) is 0 Å². The highest BCUT2D eigenvalue weighted by Crippen LogP contribution is 2.31. The molecule has 0 unspecified atom stereocenters. The van der Waals surface area contributed by atoms with Crippen LogP contribution in [0.3, 0.4) is 0 Å². The van der Waals surface area contributed by atoms with Crippen LogP contribution in [0.4, 0.5) is 10.2 Å². The van der Waals surface area contributed by atoms with Crippen molar-refractivity contribution in [3.05, 3.63) is 42.2 Å². The summed E-state index contributed by atoms with van der Waals surface area (Å²) >= 11 is 0. The molecule has 0 amide bonds. The second-order valence-corrected chi connectivity index (χ2v) is 7.37. The van der Waals surface area contributed by atoms with Crippen LogP contribution in [0, 0.1) is 5.82 Å². The first-order chi connectivity index (χ1) is 13.7. The molecule has 3 aromatic rings. The molecule has 0 aliphatic carbocycles. The molecule has 2 fully saturated rings. The van der Waals surface area contributed by atoms with Gasteiger partial charge in [-0.3, -0.25) is 0 Å². The molecular formula is C20H22FN5O2. The van der Waals surface area contributed by atoms with Crippen molar-refractivity contribution in [2.75, 3.05) is 37.8 Å². The van der Waals surface area contributed by atoms with Gasteiger partial charge in [-0.2, -0.15) is 4.52 Å². The Balaban J connectivity index is 1.43. The number of hydrogen-bond acceptors (Lipinski definition) is 6. The number of benzene rings is 1. The van der Waals surface area contributed by atoms with Crippen molar-refractivity contribution in [1.29, 1.82) is 0 Å². The summed E-state index contributed by atoms with van der Waals surface area (Å²) in [6.07, 6.45) is 2.87. The van der Waals surface area contributed by atoms with E-state index in [4.69, 9.17) is 14.6 Å². The monoisotopic (exact) mass is 383 g/mol. The number of halogens is 1. The smallest absolute Gasteiger partial charge is 0.185 e. The molecule has 2 saturated heterocycles. The van der Waals surface area contributed by atoms with Crippen molar-refractivity contribution in [3.63, 3.8) is 0 Å². The Morgan fingerprint density at radius 2 is 1.71 bits per heavy atom. The number of hydrogen-bond donors (Lipinski definition) is 0. The molecule has 2 aliphatic heterocycles. The van der Waals surface area contributed by atoms with E-state index in [1.807, 2.05) is 12.1 Å². The lowest BCUT2D eigenvalue weighted by Crippen LogP contribution is -2.39. The van der Waals surface area contributed by atoms with E-state index in [1.54, 1.807) is 16.6 Å². The Morgan fingerprint density at radius 3 is 2.54 bits per heavy atom. The van der Waals surface area contributed by atoms with Crippen LogP contribution in [0.15, 0.2) is 36.4 Å². The Labute approximate surface area is 162 Å². The summed E-state index contributed by atoms with van der Waals surface area (Å²) in [7, 11) is 0. The van der Waals surface area contributed by atoms with Gasteiger partial charge in [-0.1, -0.05) is 0 Å². The first-order valence-corrected chi connectivity index (χ1v) is 9.68. The molecule has 2 aliphatic rings. The molecule has 2 aromatic heterocycles. The lowest BCUT2D eigenvalue weighted by atomic mass is 9.90. The molecule has 7 nitrogen and oxygen atoms in total. The molecule has 0 bridgehead atoms. The highest BCUT2D eigenvalue weighted by molar-refractivity contribution is 5.59. The van der Waals surface area contributed by atoms with Gasteiger partial charge in [0, 0.05) is 31.9 Å². The molecule has 1 aromatic carbocycles. The number of nitrogens with zero attached hydrogens (tertiary/aromatic N) is 5. The molecule has 8 heteroatoms. The third-order valence-electron chi connectivity index (χ3n) is 5.69. The van der Waals surface area contributed by atoms with Gasteiger partial charge in [0.25, 0.3) is 0 Å². The zero-order chi connectivity index (χ0) is 19.0. The van der Waals surface area contributed by atoms with Crippen LogP contribution in [-0.4, -0.2) is 58.3 Å². The normalized spacial score (nSPS) is 19.8. The Bertz CT molecular complexity index is 968. The molecule has 4 heterocycles. The Kier molecular flexibility index (Phi) is 4.44. The van der Waals surface area contributed by atoms with E-state index in [2.05, 4.69) is 15.1 Å². The van der Waals surface area contributed by atoms with Crippen molar-refractivity contribution in [2.45, 2.75) is 24.9 Å². The maximum Gasteiger partial charge on any atom is 0.185 e. The molecule has 0 saturated carbocycles. The van der Waals surface area contributed by atoms with E-state index < -0.39 is 0 Å². The standard InChI is InChI=1S/C20H22FN5O2/c21-16-3-1-15(2-4-16)19-23-22-17-5-6-18(24-26(17)19)25-10-7-20(28-14-11-25)8-12-27-13-9-20/h1-6H,7-14H2. The maximum atomic E-state index is 13.3. The fourth-order valence-corrected chi connectivity index (χ4v) is 3.99. The van der Waals surface area contributed by atoms with Gasteiger partial charge in [-0.05, 0) is 55.7 Å². The van der Waals surface area contributed by atoms with Gasteiger partial charge in [0.1, 0.15) is 11.6 Å². The first kappa shape index (κ1) is 17.5. The summed E-state index contributed by atoms with van der Waals surface area (Å²) in [5, 5.41) is 13.2. The SMILES string of the molecule is Fc1ccc(-c2nnc3ccc(N4CCOC5(CCOCC5)CC4)nn23)cc1. The van der Waals surface area contributed by atoms with Crippen LogP contribution in [0.5, 0.6) is 0 Å². The van der Waals surface area contributed by atoms with Crippen molar-refractivity contribution in [2.24, 2.45) is 0 Å². The molecular weight excluding hydrogens is 361 g/mol. The highest BCUT2D eigenvalue weighted by Gasteiger charge is 2.35. The van der Waals surface area contributed by atoms with Crippen LogP contribution in [0.25, 0.3) is 17.0 Å². The minimum Gasteiger partial charge on any atom is -0.381 e. The summed E-state index contributed by atoms with van der Waals surface area (Å²) in [6, 6.07) is 10.1. The van der Waals surface area contributed by atoms with Crippen LogP contribution in [0.1, 0.15) is 19.3 Å². The highest BCUT2D eigenvalue weighted by atomic mass is 19.1. The van der Waals surface area contributed by atoms with Crippen LogP contribution >= 0.6 is 0 Å². The second kappa shape index (κ2) is 7.10. The fourth-order valence-electron chi connectivity index (χ4n) is 3.99. The second-order valence-electron chi connectivity index (χ2n) is 7.37. The molecule has 1 spiro atoms. The zero-order valence-corrected chi connectivity index (χ0v) is 15.6. The molecule has 5 rings (SSSR count). The maximum absolute atomic E-state index is 13.3. The number of anilines is 1. The molecule has 146 valence electrons. The van der Waals surface area contributed by atoms with Crippen molar-refractivity contribution >= 4 is 11.5 Å². The minimum atomic E-state index is -0.280. The summed E-state index contributed by atoms with van der Waals surface area (Å²) in [6.45, 7) is 3.88. The fraction of sp³-hybridized carbons (Fsp3) is 0.450. The summed E-state index contributed by atoms with van der Waals surface area (Å²) in [4.78, 5) is 2.25. The van der Waals surface area contributed by atoms with E-state index in [9.17, 15) is 4.39 Å². The van der Waals surface area contributed by atoms with E-state index in [-0.39, 0.29) is 11.4 Å². The average Bonchev–Trinajstić information content (AvgIpc) is 3.04. The van der Waals surface area contributed by atoms with Gasteiger partial charge in [0.2, 0.25) is 0 Å². The Hall–Kier alpha value is -2.58. The molecule has 0 radical (unpaired) electrons. The summed E-state index contributed by atoms with van der Waals surface area (Å²) in [5.41, 5.74) is 1.38. The third kappa shape index (κ3) is 3.22. The predicted octanol–water partition coefficient (Wildman–Crippen LogP) is 2.71. The van der Waals surface area contributed by atoms with Crippen molar-refractivity contribution in [1.82, 2.24) is 19.8 Å². The largest absolute Gasteiger partial charge is 0.381 e. The van der Waals surface area contributed by atoms with Crippen molar-refractivity contribution in [3.8, 4) is 11.4 Å². The summed E-state index contributed by atoms with van der Waals surface area (Å²) < 4.78 is 26.7. The Morgan fingerprint density at radius 1 is 0.893 bits per heavy atom. The van der Waals surface area contributed by atoms with Gasteiger partial charge >= 0.3 is 0 Å². The van der Waals surface area contributed by atoms with E-state index in [0.29, 0.717) is 18.1 Å². The van der Waals surface area contributed by atoms with E-state index in [1.165, 1.54) is 12.1 Å². The number of rotatable bonds is 2. The topological polar surface area (TPSA) is 64.8 Å². The van der Waals surface area contributed by atoms with Gasteiger partial charge < -0.3 is 14.4 Å². The van der Waals surface area contributed by atoms with E-state index in [0.717, 1.165) is 56.9 Å². The van der Waals surface area contributed by atoms with Crippen molar-refractivity contribution < 1.29 is 13.9 Å². The lowest BCUT2D eigenvalue weighted by Gasteiger charge is -2.35. The molecule has 0 atom stereocenters. The van der Waals surface area contributed by atoms with Crippen LogP contribution in [-0.2, 0) is 9.47 Å². The number of ether oxygens (including phenoxy) is 2. The quantitative estimate of drug-likeness (QED) is 0.678. The van der Waals surface area contributed by atoms with Gasteiger partial charge in [0.05, 0.1) is 12.2 Å². The number of aromatic nitrogens is 4. The summed E-state index contributed by atoms with van der Waals surface area (Å²) in [5.74, 6) is 1.19. The zero-order valence-electron chi connectivity index (χ0n) is 15.6. The van der Waals surface area contributed by atoms with Gasteiger partial charge in [0.15, 0.2) is 11.5 Å². The van der Waals surface area contributed by atoms with Gasteiger partial charge in [-0.25, -0.2) is 4.39 Å². The molecule has 0 N–H and O–H groups in total. The van der Waals surface area contributed by atoms with Crippen LogP contribution < -0.4 is 4.90 Å².